The Kier molecular flexibility index (Phi) is 4.35. The van der Waals surface area contributed by atoms with E-state index in [0.717, 1.165) is 0 Å². The van der Waals surface area contributed by atoms with Crippen molar-refractivity contribution in [1.29, 1.82) is 0 Å². The molecule has 0 saturated carbocycles. The quantitative estimate of drug-likeness (QED) is 0.896. The van der Waals surface area contributed by atoms with Crippen LogP contribution in [-0.2, 0) is 4.79 Å². The maximum Gasteiger partial charge on any atom is 0.321 e. The van der Waals surface area contributed by atoms with Crippen LogP contribution in [0, 0.1) is 5.41 Å². The molecule has 0 aliphatic carbocycles. The van der Waals surface area contributed by atoms with Gasteiger partial charge in [-0.1, -0.05) is 6.07 Å². The number of anilines is 1. The average Bonchev–Trinajstić information content (AvgIpc) is 2.48. The molecule has 0 bridgehead atoms. The largest absolute Gasteiger partial charge is 0.497 e. The molecule has 0 radical (unpaired) electrons. The molecule has 21 heavy (non-hydrogen) atoms. The number of carbonyl (C=O) groups excluding carboxylic acids is 1. The summed E-state index contributed by atoms with van der Waals surface area (Å²) in [5, 5.41) is 12.0. The minimum Gasteiger partial charge on any atom is -0.497 e. The average molecular weight is 292 g/mol. The van der Waals surface area contributed by atoms with E-state index in [1.165, 1.54) is 0 Å². The SMILES string of the molecule is COc1cccc(NC(=O)N2CCC(C)(C(=O)O)CC2)c1. The van der Waals surface area contributed by atoms with Crippen molar-refractivity contribution in [1.82, 2.24) is 4.90 Å². The van der Waals surface area contributed by atoms with Crippen molar-refractivity contribution in [3.8, 4) is 5.75 Å². The smallest absolute Gasteiger partial charge is 0.321 e. The van der Waals surface area contributed by atoms with Gasteiger partial charge in [0, 0.05) is 24.8 Å². The standard InChI is InChI=1S/C15H20N2O4/c1-15(13(18)19)6-8-17(9-7-15)14(20)16-11-4-3-5-12(10-11)21-2/h3-5,10H,6-9H2,1-2H3,(H,16,20)(H,18,19). The third kappa shape index (κ3) is 3.45. The summed E-state index contributed by atoms with van der Waals surface area (Å²) in [5.41, 5.74) is -0.0712. The van der Waals surface area contributed by atoms with Gasteiger partial charge in [-0.25, -0.2) is 4.79 Å². The molecular formula is C15H20N2O4. The van der Waals surface area contributed by atoms with E-state index in [0.29, 0.717) is 37.4 Å². The van der Waals surface area contributed by atoms with Gasteiger partial charge in [0.2, 0.25) is 0 Å². The van der Waals surface area contributed by atoms with Crippen LogP contribution in [0.1, 0.15) is 19.8 Å². The predicted octanol–water partition coefficient (Wildman–Crippen LogP) is 2.41. The number of methoxy groups -OCH3 is 1. The highest BCUT2D eigenvalue weighted by molar-refractivity contribution is 5.89. The van der Waals surface area contributed by atoms with Crippen LogP contribution in [0.15, 0.2) is 24.3 Å². The van der Waals surface area contributed by atoms with E-state index in [9.17, 15) is 14.7 Å². The highest BCUT2D eigenvalue weighted by Crippen LogP contribution is 2.31. The predicted molar refractivity (Wildman–Crippen MR) is 78.6 cm³/mol. The monoisotopic (exact) mass is 292 g/mol. The first-order chi connectivity index (χ1) is 9.94. The summed E-state index contributed by atoms with van der Waals surface area (Å²) in [4.78, 5) is 25.0. The summed E-state index contributed by atoms with van der Waals surface area (Å²) in [6.07, 6.45) is 0.932. The molecule has 0 atom stereocenters. The van der Waals surface area contributed by atoms with Crippen molar-refractivity contribution < 1.29 is 19.4 Å². The molecule has 0 aromatic heterocycles. The molecule has 6 heteroatoms. The number of carboxylic acid groups (broad SMARTS) is 1. The van der Waals surface area contributed by atoms with E-state index in [1.807, 2.05) is 0 Å². The molecule has 1 fully saturated rings. The second-order valence-electron chi connectivity index (χ2n) is 5.51. The Balaban J connectivity index is 1.94. The van der Waals surface area contributed by atoms with E-state index in [1.54, 1.807) is 43.2 Å². The van der Waals surface area contributed by atoms with E-state index in [4.69, 9.17) is 4.74 Å². The van der Waals surface area contributed by atoms with Gasteiger partial charge in [-0.05, 0) is 31.9 Å². The Labute approximate surface area is 123 Å². The summed E-state index contributed by atoms with van der Waals surface area (Å²) in [6, 6.07) is 6.91. The van der Waals surface area contributed by atoms with Crippen molar-refractivity contribution in [2.75, 3.05) is 25.5 Å². The summed E-state index contributed by atoms with van der Waals surface area (Å²) in [7, 11) is 1.57. The molecule has 0 spiro atoms. The number of ether oxygens (including phenoxy) is 1. The lowest BCUT2D eigenvalue weighted by molar-refractivity contribution is -0.150. The molecule has 1 aliphatic rings. The van der Waals surface area contributed by atoms with Crippen LogP contribution in [-0.4, -0.2) is 42.2 Å². The van der Waals surface area contributed by atoms with Gasteiger partial charge in [0.15, 0.2) is 0 Å². The van der Waals surface area contributed by atoms with Crippen molar-refractivity contribution >= 4 is 17.7 Å². The van der Waals surface area contributed by atoms with Gasteiger partial charge >= 0.3 is 12.0 Å². The number of hydrogen-bond acceptors (Lipinski definition) is 3. The number of rotatable bonds is 3. The van der Waals surface area contributed by atoms with Gasteiger partial charge < -0.3 is 20.1 Å². The number of nitrogens with zero attached hydrogens (tertiary/aromatic N) is 1. The zero-order valence-corrected chi connectivity index (χ0v) is 12.3. The Morgan fingerprint density at radius 1 is 1.33 bits per heavy atom. The highest BCUT2D eigenvalue weighted by Gasteiger charge is 2.38. The topological polar surface area (TPSA) is 78.9 Å². The normalized spacial score (nSPS) is 17.1. The number of urea groups is 1. The molecule has 1 aromatic rings. The van der Waals surface area contributed by atoms with Crippen molar-refractivity contribution in [3.05, 3.63) is 24.3 Å². The third-order valence-corrected chi connectivity index (χ3v) is 3.99. The number of piperidine rings is 1. The van der Waals surface area contributed by atoms with Gasteiger partial charge in [0.05, 0.1) is 12.5 Å². The molecular weight excluding hydrogens is 272 g/mol. The number of benzene rings is 1. The van der Waals surface area contributed by atoms with E-state index < -0.39 is 11.4 Å². The number of aliphatic carboxylic acids is 1. The van der Waals surface area contributed by atoms with E-state index >= 15 is 0 Å². The molecule has 1 aromatic carbocycles. The van der Waals surface area contributed by atoms with Gasteiger partial charge in [-0.3, -0.25) is 4.79 Å². The molecule has 1 saturated heterocycles. The van der Waals surface area contributed by atoms with Gasteiger partial charge in [0.1, 0.15) is 5.75 Å². The molecule has 2 amide bonds. The van der Waals surface area contributed by atoms with Crippen molar-refractivity contribution in [3.63, 3.8) is 0 Å². The number of amides is 2. The van der Waals surface area contributed by atoms with Crippen LogP contribution in [0.5, 0.6) is 5.75 Å². The highest BCUT2D eigenvalue weighted by atomic mass is 16.5. The van der Waals surface area contributed by atoms with Crippen LogP contribution in [0.3, 0.4) is 0 Å². The number of likely N-dealkylation sites (tertiary alicyclic amines) is 1. The first-order valence-corrected chi connectivity index (χ1v) is 6.88. The molecule has 2 N–H and O–H groups in total. The molecule has 2 rings (SSSR count). The lowest BCUT2D eigenvalue weighted by Gasteiger charge is -2.36. The fourth-order valence-corrected chi connectivity index (χ4v) is 2.32. The zero-order chi connectivity index (χ0) is 15.5. The summed E-state index contributed by atoms with van der Waals surface area (Å²) in [5.74, 6) is -0.125. The van der Waals surface area contributed by atoms with Gasteiger partial charge in [-0.2, -0.15) is 0 Å². The van der Waals surface area contributed by atoms with Gasteiger partial charge in [0.25, 0.3) is 0 Å². The zero-order valence-electron chi connectivity index (χ0n) is 12.3. The first-order valence-electron chi connectivity index (χ1n) is 6.88. The van der Waals surface area contributed by atoms with E-state index in [2.05, 4.69) is 5.32 Å². The third-order valence-electron chi connectivity index (χ3n) is 3.99. The lowest BCUT2D eigenvalue weighted by Crippen LogP contribution is -2.46. The van der Waals surface area contributed by atoms with Crippen LogP contribution in [0.25, 0.3) is 0 Å². The Morgan fingerprint density at radius 3 is 2.57 bits per heavy atom. The Bertz CT molecular complexity index is 536. The number of hydrogen-bond donors (Lipinski definition) is 2. The maximum absolute atomic E-state index is 12.2. The molecule has 1 aliphatic heterocycles. The number of carbonyl (C=O) groups is 2. The van der Waals surface area contributed by atoms with Crippen LogP contribution < -0.4 is 10.1 Å². The van der Waals surface area contributed by atoms with Crippen molar-refractivity contribution in [2.24, 2.45) is 5.41 Å². The second-order valence-corrected chi connectivity index (χ2v) is 5.51. The molecule has 0 unspecified atom stereocenters. The van der Waals surface area contributed by atoms with E-state index in [-0.39, 0.29) is 6.03 Å². The molecule has 6 nitrogen and oxygen atoms in total. The first kappa shape index (κ1) is 15.2. The number of carboxylic acids is 1. The van der Waals surface area contributed by atoms with Crippen molar-refractivity contribution in [2.45, 2.75) is 19.8 Å². The summed E-state index contributed by atoms with van der Waals surface area (Å²) >= 11 is 0. The molecule has 1 heterocycles. The minimum atomic E-state index is -0.796. The number of nitrogens with one attached hydrogen (secondary N) is 1. The fourth-order valence-electron chi connectivity index (χ4n) is 2.32. The lowest BCUT2D eigenvalue weighted by atomic mass is 9.80. The molecule has 114 valence electrons. The second kappa shape index (κ2) is 6.03. The summed E-state index contributed by atoms with van der Waals surface area (Å²) < 4.78 is 5.11. The maximum atomic E-state index is 12.2. The van der Waals surface area contributed by atoms with Gasteiger partial charge in [-0.15, -0.1) is 0 Å². The Morgan fingerprint density at radius 2 is 2.00 bits per heavy atom. The minimum absolute atomic E-state index is 0.212. The Hall–Kier alpha value is -2.24. The van der Waals surface area contributed by atoms with Crippen LogP contribution >= 0.6 is 0 Å². The fraction of sp³-hybridized carbons (Fsp3) is 0.467. The summed E-state index contributed by atoms with van der Waals surface area (Å²) in [6.45, 7) is 2.61. The van der Waals surface area contributed by atoms with Crippen LogP contribution in [0.4, 0.5) is 10.5 Å². The van der Waals surface area contributed by atoms with Crippen LogP contribution in [0.2, 0.25) is 0 Å².